The first kappa shape index (κ1) is 19.1. The maximum Gasteiger partial charge on any atom is 0.305 e. The third-order valence-corrected chi connectivity index (χ3v) is 7.53. The standard InChI is InChI=1S/C20H35NO4/c1-3-21(4-2)7-5-6-17(24)25-15-20-10-16-8-18(12-20,13-22)11-19(20,9-16)14-23/h16,22-23H,3-15H2,1-2H3. The largest absolute Gasteiger partial charge is 0.465 e. The molecule has 4 bridgehead atoms. The predicted octanol–water partition coefficient (Wildman–Crippen LogP) is 2.20. The number of carbonyl (C=O) groups excluding carboxylic acids is 1. The van der Waals surface area contributed by atoms with E-state index in [4.69, 9.17) is 4.74 Å². The van der Waals surface area contributed by atoms with Crippen LogP contribution in [0.25, 0.3) is 0 Å². The fraction of sp³-hybridized carbons (Fsp3) is 0.950. The first-order chi connectivity index (χ1) is 12.0. The monoisotopic (exact) mass is 353 g/mol. The second-order valence-corrected chi connectivity index (χ2v) is 9.00. The average Bonchev–Trinajstić information content (AvgIpc) is 2.96. The lowest BCUT2D eigenvalue weighted by molar-refractivity contribution is -0.150. The van der Waals surface area contributed by atoms with Crippen LogP contribution in [0.2, 0.25) is 0 Å². The Balaban J connectivity index is 1.55. The van der Waals surface area contributed by atoms with Gasteiger partial charge in [-0.1, -0.05) is 13.8 Å². The predicted molar refractivity (Wildman–Crippen MR) is 96.0 cm³/mol. The molecule has 4 aliphatic carbocycles. The minimum absolute atomic E-state index is 0.0426. The Kier molecular flexibility index (Phi) is 5.48. The molecule has 4 rings (SSSR count). The number of aliphatic hydroxyl groups is 2. The Labute approximate surface area is 151 Å². The highest BCUT2D eigenvalue weighted by Crippen LogP contribution is 2.76. The second-order valence-electron chi connectivity index (χ2n) is 9.00. The van der Waals surface area contributed by atoms with Gasteiger partial charge in [0.25, 0.3) is 0 Å². The Morgan fingerprint density at radius 3 is 2.40 bits per heavy atom. The average molecular weight is 354 g/mol. The molecule has 4 saturated carbocycles. The van der Waals surface area contributed by atoms with E-state index in [0.29, 0.717) is 18.9 Å². The molecule has 25 heavy (non-hydrogen) atoms. The molecule has 4 aliphatic rings. The van der Waals surface area contributed by atoms with Crippen LogP contribution < -0.4 is 0 Å². The highest BCUT2D eigenvalue weighted by Gasteiger charge is 2.71. The highest BCUT2D eigenvalue weighted by molar-refractivity contribution is 5.69. The van der Waals surface area contributed by atoms with E-state index in [1.54, 1.807) is 0 Å². The zero-order valence-electron chi connectivity index (χ0n) is 15.9. The van der Waals surface area contributed by atoms with E-state index >= 15 is 0 Å². The molecule has 0 aromatic carbocycles. The van der Waals surface area contributed by atoms with Gasteiger partial charge in [0.2, 0.25) is 0 Å². The fourth-order valence-corrected chi connectivity index (χ4v) is 6.53. The summed E-state index contributed by atoms with van der Waals surface area (Å²) in [7, 11) is 0. The maximum absolute atomic E-state index is 12.2. The Bertz CT molecular complexity index is 494. The number of esters is 1. The quantitative estimate of drug-likeness (QED) is 0.589. The van der Waals surface area contributed by atoms with Crippen molar-refractivity contribution >= 4 is 5.97 Å². The van der Waals surface area contributed by atoms with Crippen molar-refractivity contribution in [3.63, 3.8) is 0 Å². The lowest BCUT2D eigenvalue weighted by atomic mass is 9.67. The van der Waals surface area contributed by atoms with Gasteiger partial charge in [-0.15, -0.1) is 0 Å². The normalized spacial score (nSPS) is 38.7. The second kappa shape index (κ2) is 7.16. The summed E-state index contributed by atoms with van der Waals surface area (Å²) in [5, 5.41) is 20.1. The van der Waals surface area contributed by atoms with Gasteiger partial charge in [-0.05, 0) is 69.5 Å². The van der Waals surface area contributed by atoms with Gasteiger partial charge >= 0.3 is 5.97 Å². The molecule has 5 heteroatoms. The molecule has 0 amide bonds. The number of carbonyl (C=O) groups is 1. The van der Waals surface area contributed by atoms with Crippen molar-refractivity contribution in [2.24, 2.45) is 22.2 Å². The van der Waals surface area contributed by atoms with E-state index in [2.05, 4.69) is 18.7 Å². The summed E-state index contributed by atoms with van der Waals surface area (Å²) in [6.45, 7) is 8.02. The molecule has 4 atom stereocenters. The van der Waals surface area contributed by atoms with Crippen LogP contribution in [0.4, 0.5) is 0 Å². The van der Waals surface area contributed by atoms with E-state index < -0.39 is 0 Å². The molecule has 0 aromatic rings. The minimum Gasteiger partial charge on any atom is -0.465 e. The molecule has 0 radical (unpaired) electrons. The Morgan fingerprint density at radius 1 is 1.08 bits per heavy atom. The number of hydrogen-bond donors (Lipinski definition) is 2. The van der Waals surface area contributed by atoms with Crippen LogP contribution in [0.1, 0.15) is 58.8 Å². The highest BCUT2D eigenvalue weighted by atomic mass is 16.5. The molecular weight excluding hydrogens is 318 g/mol. The van der Waals surface area contributed by atoms with E-state index in [1.807, 2.05) is 0 Å². The van der Waals surface area contributed by atoms with E-state index in [1.165, 1.54) is 0 Å². The number of nitrogens with zero attached hydrogens (tertiary/aromatic N) is 1. The molecule has 0 heterocycles. The van der Waals surface area contributed by atoms with Gasteiger partial charge in [0.05, 0.1) is 6.61 Å². The zero-order chi connectivity index (χ0) is 18.1. The third kappa shape index (κ3) is 3.24. The molecule has 2 N–H and O–H groups in total. The van der Waals surface area contributed by atoms with Crippen molar-refractivity contribution in [2.45, 2.75) is 58.8 Å². The molecule has 0 aliphatic heterocycles. The third-order valence-electron chi connectivity index (χ3n) is 7.53. The van der Waals surface area contributed by atoms with Crippen molar-refractivity contribution in [1.29, 1.82) is 0 Å². The minimum atomic E-state index is -0.139. The van der Waals surface area contributed by atoms with Crippen molar-refractivity contribution < 1.29 is 19.7 Å². The van der Waals surface area contributed by atoms with Crippen LogP contribution >= 0.6 is 0 Å². The van der Waals surface area contributed by atoms with Crippen molar-refractivity contribution in [2.75, 3.05) is 39.5 Å². The van der Waals surface area contributed by atoms with Gasteiger partial charge in [0, 0.05) is 30.5 Å². The van der Waals surface area contributed by atoms with E-state index in [-0.39, 0.29) is 35.4 Å². The summed E-state index contributed by atoms with van der Waals surface area (Å²) in [5.41, 5.74) is -0.291. The summed E-state index contributed by atoms with van der Waals surface area (Å²) >= 11 is 0. The first-order valence-corrected chi connectivity index (χ1v) is 10.1. The molecule has 4 fully saturated rings. The molecular formula is C20H35NO4. The molecule has 0 aromatic heterocycles. The van der Waals surface area contributed by atoms with Gasteiger partial charge in [0.15, 0.2) is 0 Å². The summed E-state index contributed by atoms with van der Waals surface area (Å²) in [5.74, 6) is 0.460. The summed E-state index contributed by atoms with van der Waals surface area (Å²) in [6, 6.07) is 0. The van der Waals surface area contributed by atoms with Crippen molar-refractivity contribution in [3.05, 3.63) is 0 Å². The Hall–Kier alpha value is -0.650. The van der Waals surface area contributed by atoms with Crippen molar-refractivity contribution in [1.82, 2.24) is 4.90 Å². The van der Waals surface area contributed by atoms with Crippen LogP contribution in [0, 0.1) is 22.2 Å². The smallest absolute Gasteiger partial charge is 0.305 e. The van der Waals surface area contributed by atoms with Crippen molar-refractivity contribution in [3.8, 4) is 0 Å². The summed E-state index contributed by atoms with van der Waals surface area (Å²) in [4.78, 5) is 14.5. The summed E-state index contributed by atoms with van der Waals surface area (Å²) in [6.07, 6.45) is 6.25. The molecule has 144 valence electrons. The first-order valence-electron chi connectivity index (χ1n) is 10.1. The van der Waals surface area contributed by atoms with Gasteiger partial charge < -0.3 is 19.8 Å². The number of rotatable bonds is 10. The molecule has 5 nitrogen and oxygen atoms in total. The SMILES string of the molecule is CCN(CC)CCCC(=O)OCC12CC3CC(CO)(CC1(CO)C3)C2. The lowest BCUT2D eigenvalue weighted by Gasteiger charge is -2.39. The lowest BCUT2D eigenvalue weighted by Crippen LogP contribution is -2.40. The summed E-state index contributed by atoms with van der Waals surface area (Å²) < 4.78 is 5.71. The molecule has 4 unspecified atom stereocenters. The van der Waals surface area contributed by atoms with Gasteiger partial charge in [-0.3, -0.25) is 4.79 Å². The van der Waals surface area contributed by atoms with Crippen LogP contribution in [0.15, 0.2) is 0 Å². The fourth-order valence-electron chi connectivity index (χ4n) is 6.53. The van der Waals surface area contributed by atoms with Gasteiger partial charge in [-0.25, -0.2) is 0 Å². The topological polar surface area (TPSA) is 70.0 Å². The zero-order valence-corrected chi connectivity index (χ0v) is 15.9. The van der Waals surface area contributed by atoms with Crippen LogP contribution in [-0.4, -0.2) is 60.5 Å². The van der Waals surface area contributed by atoms with Gasteiger partial charge in [0.1, 0.15) is 0 Å². The van der Waals surface area contributed by atoms with Crippen LogP contribution in [0.3, 0.4) is 0 Å². The number of aliphatic hydroxyl groups excluding tert-OH is 2. The molecule has 0 spiro atoms. The van der Waals surface area contributed by atoms with Crippen LogP contribution in [-0.2, 0) is 9.53 Å². The number of ether oxygens (including phenoxy) is 1. The van der Waals surface area contributed by atoms with E-state index in [0.717, 1.165) is 58.2 Å². The maximum atomic E-state index is 12.2. The van der Waals surface area contributed by atoms with Gasteiger partial charge in [-0.2, -0.15) is 0 Å². The Morgan fingerprint density at radius 2 is 1.76 bits per heavy atom. The van der Waals surface area contributed by atoms with E-state index in [9.17, 15) is 15.0 Å². The number of hydrogen-bond acceptors (Lipinski definition) is 5. The van der Waals surface area contributed by atoms with Crippen LogP contribution in [0.5, 0.6) is 0 Å². The molecule has 0 saturated heterocycles.